The molecule has 0 spiro atoms. The summed E-state index contributed by atoms with van der Waals surface area (Å²) < 4.78 is 4.95. The van der Waals surface area contributed by atoms with E-state index in [9.17, 15) is 9.59 Å². The lowest BCUT2D eigenvalue weighted by atomic mass is 10.0. The van der Waals surface area contributed by atoms with Crippen LogP contribution in [0.1, 0.15) is 47.3 Å². The first-order chi connectivity index (χ1) is 16.0. The number of nitrogens with one attached hydrogen (secondary N) is 3. The van der Waals surface area contributed by atoms with Crippen LogP contribution in [0.2, 0.25) is 0 Å². The van der Waals surface area contributed by atoms with Crippen molar-refractivity contribution in [2.75, 3.05) is 17.2 Å². The van der Waals surface area contributed by atoms with Crippen LogP contribution in [-0.4, -0.2) is 24.2 Å². The van der Waals surface area contributed by atoms with Crippen LogP contribution in [0.3, 0.4) is 0 Å². The molecule has 3 aromatic carbocycles. The van der Waals surface area contributed by atoms with Crippen molar-refractivity contribution in [3.63, 3.8) is 0 Å². The van der Waals surface area contributed by atoms with Crippen molar-refractivity contribution in [3.8, 4) is 0 Å². The highest BCUT2D eigenvalue weighted by molar-refractivity contribution is 6.10. The molecule has 0 saturated carbocycles. The number of ether oxygens (including phenoxy) is 1. The number of carbonyl (C=O) groups excluding carboxylic acids is 2. The number of carbonyl (C=O) groups is 2. The van der Waals surface area contributed by atoms with Crippen LogP contribution in [0.4, 0.5) is 11.4 Å². The molecule has 0 unspecified atom stereocenters. The Labute approximate surface area is 194 Å². The summed E-state index contributed by atoms with van der Waals surface area (Å²) in [6.07, 6.45) is 0.872. The van der Waals surface area contributed by atoms with E-state index in [0.717, 1.165) is 23.4 Å². The van der Waals surface area contributed by atoms with E-state index in [1.165, 1.54) is 5.56 Å². The zero-order valence-corrected chi connectivity index (χ0v) is 19.0. The van der Waals surface area contributed by atoms with Gasteiger partial charge in [0.2, 0.25) is 0 Å². The van der Waals surface area contributed by atoms with Crippen LogP contribution < -0.4 is 10.6 Å². The minimum Gasteiger partial charge on any atom is -0.466 e. The molecular weight excluding hydrogens is 414 g/mol. The lowest BCUT2D eigenvalue weighted by molar-refractivity contribution is -0.141. The van der Waals surface area contributed by atoms with Gasteiger partial charge in [-0.15, -0.1) is 0 Å². The zero-order valence-electron chi connectivity index (χ0n) is 19.0. The fraction of sp³-hybridized carbons (Fsp3) is 0.222. The van der Waals surface area contributed by atoms with Gasteiger partial charge in [-0.25, -0.2) is 0 Å². The molecule has 0 aromatic heterocycles. The summed E-state index contributed by atoms with van der Waals surface area (Å²) >= 11 is 0. The van der Waals surface area contributed by atoms with Gasteiger partial charge < -0.3 is 20.8 Å². The van der Waals surface area contributed by atoms with E-state index in [1.807, 2.05) is 72.8 Å². The van der Waals surface area contributed by atoms with Gasteiger partial charge in [0.1, 0.15) is 0 Å². The first-order valence-electron chi connectivity index (χ1n) is 11.1. The molecule has 6 nitrogen and oxygen atoms in total. The van der Waals surface area contributed by atoms with Crippen molar-refractivity contribution in [2.24, 2.45) is 0 Å². The number of para-hydroxylation sites is 1. The topological polar surface area (TPSA) is 91.3 Å². The third kappa shape index (κ3) is 6.77. The fourth-order valence-corrected chi connectivity index (χ4v) is 3.35. The number of esters is 1. The van der Waals surface area contributed by atoms with Crippen molar-refractivity contribution in [1.29, 1.82) is 5.41 Å². The number of anilines is 2. The molecule has 0 aliphatic heterocycles. The predicted molar refractivity (Wildman–Crippen MR) is 132 cm³/mol. The van der Waals surface area contributed by atoms with Crippen LogP contribution in [-0.2, 0) is 22.5 Å². The molecule has 0 heterocycles. The lowest BCUT2D eigenvalue weighted by Gasteiger charge is -2.13. The Hall–Kier alpha value is -3.93. The van der Waals surface area contributed by atoms with Crippen molar-refractivity contribution >= 4 is 29.0 Å². The third-order valence-electron chi connectivity index (χ3n) is 5.20. The van der Waals surface area contributed by atoms with Gasteiger partial charge in [0, 0.05) is 29.0 Å². The van der Waals surface area contributed by atoms with E-state index in [0.29, 0.717) is 24.3 Å². The number of rotatable bonds is 10. The van der Waals surface area contributed by atoms with E-state index in [4.69, 9.17) is 10.1 Å². The van der Waals surface area contributed by atoms with E-state index >= 15 is 0 Å². The molecule has 6 heteroatoms. The number of benzene rings is 3. The summed E-state index contributed by atoms with van der Waals surface area (Å²) in [6, 6.07) is 22.6. The predicted octanol–water partition coefficient (Wildman–Crippen LogP) is 5.43. The quantitative estimate of drug-likeness (QED) is 0.288. The van der Waals surface area contributed by atoms with Gasteiger partial charge in [0.25, 0.3) is 5.91 Å². The van der Waals surface area contributed by atoms with Crippen LogP contribution in [0.5, 0.6) is 0 Å². The van der Waals surface area contributed by atoms with Gasteiger partial charge in [-0.2, -0.15) is 0 Å². The molecule has 33 heavy (non-hydrogen) atoms. The summed E-state index contributed by atoms with van der Waals surface area (Å²) in [5.41, 5.74) is 5.22. The Morgan fingerprint density at radius 1 is 0.879 bits per heavy atom. The highest BCUT2D eigenvalue weighted by atomic mass is 16.5. The molecule has 0 aliphatic rings. The van der Waals surface area contributed by atoms with E-state index < -0.39 is 5.97 Å². The van der Waals surface area contributed by atoms with Crippen molar-refractivity contribution in [1.82, 2.24) is 0 Å². The van der Waals surface area contributed by atoms with E-state index in [1.54, 1.807) is 6.92 Å². The molecule has 170 valence electrons. The molecule has 0 saturated heterocycles. The average molecular weight is 444 g/mol. The second-order valence-electron chi connectivity index (χ2n) is 7.56. The Kier molecular flexibility index (Phi) is 8.36. The van der Waals surface area contributed by atoms with E-state index in [-0.39, 0.29) is 18.0 Å². The van der Waals surface area contributed by atoms with Gasteiger partial charge in [-0.3, -0.25) is 9.59 Å². The molecule has 3 rings (SSSR count). The van der Waals surface area contributed by atoms with Gasteiger partial charge in [0.15, 0.2) is 0 Å². The highest BCUT2D eigenvalue weighted by Crippen LogP contribution is 2.19. The summed E-state index contributed by atoms with van der Waals surface area (Å²) in [5.74, 6) is -0.547. The smallest absolute Gasteiger partial charge is 0.311 e. The van der Waals surface area contributed by atoms with Gasteiger partial charge >= 0.3 is 5.97 Å². The second-order valence-corrected chi connectivity index (χ2v) is 7.56. The molecule has 0 aliphatic carbocycles. The molecule has 0 atom stereocenters. The van der Waals surface area contributed by atoms with Gasteiger partial charge in [-0.05, 0) is 54.8 Å². The Morgan fingerprint density at radius 3 is 2.21 bits per heavy atom. The van der Waals surface area contributed by atoms with E-state index in [2.05, 4.69) is 17.6 Å². The van der Waals surface area contributed by atoms with Crippen molar-refractivity contribution in [3.05, 3.63) is 95.1 Å². The highest BCUT2D eigenvalue weighted by Gasteiger charge is 2.12. The standard InChI is InChI=1S/C27H29N3O3/c1-3-19-9-13-21(14-10-19)27(32)30-22-15-11-20(12-16-22)18-29-25-8-6-5-7-23(25)24(28)17-26(31)33-4-2/h5-16,28-29H,3-4,17-18H2,1-2H3,(H,30,32). The Bertz CT molecular complexity index is 1110. The van der Waals surface area contributed by atoms with Crippen LogP contribution in [0.25, 0.3) is 0 Å². The SMILES string of the molecule is CCOC(=O)CC(=N)c1ccccc1NCc1ccc(NC(=O)c2ccc(CC)cc2)cc1. The summed E-state index contributed by atoms with van der Waals surface area (Å²) in [4.78, 5) is 24.2. The average Bonchev–Trinajstić information content (AvgIpc) is 2.84. The molecule has 0 radical (unpaired) electrons. The lowest BCUT2D eigenvalue weighted by Crippen LogP contribution is -2.13. The molecule has 3 aromatic rings. The normalized spacial score (nSPS) is 10.4. The first-order valence-corrected chi connectivity index (χ1v) is 11.1. The maximum absolute atomic E-state index is 12.5. The second kappa shape index (κ2) is 11.6. The summed E-state index contributed by atoms with van der Waals surface area (Å²) in [5, 5.41) is 14.5. The number of aryl methyl sites for hydroxylation is 1. The molecule has 0 bridgehead atoms. The zero-order chi connectivity index (χ0) is 23.6. The van der Waals surface area contributed by atoms with Gasteiger partial charge in [-0.1, -0.05) is 49.4 Å². The maximum atomic E-state index is 12.5. The van der Waals surface area contributed by atoms with Gasteiger partial charge in [0.05, 0.1) is 18.7 Å². The number of hydrogen-bond donors (Lipinski definition) is 3. The molecule has 3 N–H and O–H groups in total. The number of amides is 1. The van der Waals surface area contributed by atoms with Crippen molar-refractivity contribution < 1.29 is 14.3 Å². The molecule has 0 fully saturated rings. The Morgan fingerprint density at radius 2 is 1.55 bits per heavy atom. The fourth-order valence-electron chi connectivity index (χ4n) is 3.35. The summed E-state index contributed by atoms with van der Waals surface area (Å²) in [7, 11) is 0. The minimum atomic E-state index is -0.406. The van der Waals surface area contributed by atoms with Crippen molar-refractivity contribution in [2.45, 2.75) is 33.2 Å². The number of hydrogen-bond acceptors (Lipinski definition) is 5. The first kappa shape index (κ1) is 23.7. The molecule has 1 amide bonds. The molecular formula is C27H29N3O3. The Balaban J connectivity index is 1.59. The summed E-state index contributed by atoms with van der Waals surface area (Å²) in [6.45, 7) is 4.67. The van der Waals surface area contributed by atoms with Crippen LogP contribution >= 0.6 is 0 Å². The third-order valence-corrected chi connectivity index (χ3v) is 5.20. The van der Waals surface area contributed by atoms with Crippen LogP contribution in [0, 0.1) is 5.41 Å². The van der Waals surface area contributed by atoms with Crippen LogP contribution in [0.15, 0.2) is 72.8 Å². The monoisotopic (exact) mass is 443 g/mol. The minimum absolute atomic E-state index is 0.0674. The maximum Gasteiger partial charge on any atom is 0.311 e. The largest absolute Gasteiger partial charge is 0.466 e.